The molecule has 0 spiro atoms. The smallest absolute Gasteiger partial charge is 0.188 e. The molecule has 0 amide bonds. The number of ether oxygens (including phenoxy) is 2. The third kappa shape index (κ3) is 6.99. The Morgan fingerprint density at radius 2 is 1.73 bits per heavy atom. The maximum atomic E-state index is 9.58. The number of rotatable bonds is 8. The van der Waals surface area contributed by atoms with Crippen LogP contribution in [0.4, 0.5) is 0 Å². The third-order valence-electron chi connectivity index (χ3n) is 3.81. The fourth-order valence-electron chi connectivity index (χ4n) is 2.37. The number of nitrogens with two attached hydrogens (primary N) is 1. The Hall–Kier alpha value is -2.16. The van der Waals surface area contributed by atoms with Gasteiger partial charge in [0.25, 0.3) is 0 Å². The van der Waals surface area contributed by atoms with Gasteiger partial charge in [-0.05, 0) is 48.2 Å². The number of methoxy groups -OCH3 is 2. The largest absolute Gasteiger partial charge is 0.504 e. The van der Waals surface area contributed by atoms with E-state index in [1.54, 1.807) is 13.2 Å². The van der Waals surface area contributed by atoms with E-state index in [1.165, 1.54) is 12.7 Å². The van der Waals surface area contributed by atoms with Gasteiger partial charge >= 0.3 is 0 Å². The highest BCUT2D eigenvalue weighted by atomic mass is 127. The second kappa shape index (κ2) is 11.5. The first-order chi connectivity index (χ1) is 12.1. The van der Waals surface area contributed by atoms with Gasteiger partial charge in [-0.15, -0.1) is 24.0 Å². The third-order valence-corrected chi connectivity index (χ3v) is 3.81. The second-order valence-electron chi connectivity index (χ2n) is 5.55. The average molecular weight is 471 g/mol. The molecular formula is C19H26IN3O3. The molecule has 2 aromatic rings. The van der Waals surface area contributed by atoms with Crippen LogP contribution in [0, 0.1) is 0 Å². The molecule has 26 heavy (non-hydrogen) atoms. The van der Waals surface area contributed by atoms with Crippen molar-refractivity contribution < 1.29 is 14.6 Å². The average Bonchev–Trinajstić information content (AvgIpc) is 2.63. The molecule has 0 bridgehead atoms. The predicted molar refractivity (Wildman–Crippen MR) is 115 cm³/mol. The molecule has 2 rings (SSSR count). The summed E-state index contributed by atoms with van der Waals surface area (Å²) in [5.74, 6) is 1.89. The van der Waals surface area contributed by atoms with Crippen LogP contribution in [0.3, 0.4) is 0 Å². The van der Waals surface area contributed by atoms with Gasteiger partial charge in [0.05, 0.1) is 14.2 Å². The number of benzene rings is 2. The van der Waals surface area contributed by atoms with Crippen LogP contribution in [0.1, 0.15) is 11.1 Å². The Balaban J connectivity index is 0.00000338. The van der Waals surface area contributed by atoms with Crippen LogP contribution in [-0.2, 0) is 12.8 Å². The first-order valence-electron chi connectivity index (χ1n) is 8.15. The summed E-state index contributed by atoms with van der Waals surface area (Å²) < 4.78 is 10.2. The summed E-state index contributed by atoms with van der Waals surface area (Å²) in [4.78, 5) is 4.33. The molecule has 0 aromatic heterocycles. The highest BCUT2D eigenvalue weighted by Gasteiger charge is 2.02. The maximum Gasteiger partial charge on any atom is 0.188 e. The van der Waals surface area contributed by atoms with Gasteiger partial charge in [0, 0.05) is 13.1 Å². The number of aromatic hydroxyl groups is 1. The fourth-order valence-corrected chi connectivity index (χ4v) is 2.37. The Morgan fingerprint density at radius 1 is 1.04 bits per heavy atom. The van der Waals surface area contributed by atoms with E-state index in [0.29, 0.717) is 24.8 Å². The van der Waals surface area contributed by atoms with Gasteiger partial charge < -0.3 is 25.6 Å². The summed E-state index contributed by atoms with van der Waals surface area (Å²) in [7, 11) is 3.18. The molecule has 0 atom stereocenters. The van der Waals surface area contributed by atoms with Gasteiger partial charge in [-0.25, -0.2) is 0 Å². The zero-order chi connectivity index (χ0) is 18.1. The summed E-state index contributed by atoms with van der Waals surface area (Å²) in [5.41, 5.74) is 8.12. The number of phenols is 1. The molecule has 0 aliphatic carbocycles. The van der Waals surface area contributed by atoms with E-state index in [0.717, 1.165) is 24.2 Å². The van der Waals surface area contributed by atoms with E-state index in [1.807, 2.05) is 36.4 Å². The van der Waals surface area contributed by atoms with Crippen molar-refractivity contribution in [3.05, 3.63) is 53.6 Å². The van der Waals surface area contributed by atoms with E-state index < -0.39 is 0 Å². The van der Waals surface area contributed by atoms with Crippen LogP contribution in [0.5, 0.6) is 17.2 Å². The SMILES string of the molecule is COc1ccc(CCN=C(N)NCCc2ccc(O)c(OC)c2)cc1.I. The number of aliphatic imine (C=N–C) groups is 1. The Bertz CT molecular complexity index is 706. The standard InChI is InChI=1S/C19H25N3O3.HI/c1-24-16-6-3-14(4-7-16)9-11-21-19(20)22-12-10-15-5-8-17(23)18(13-15)25-2;/h3-8,13,23H,9-12H2,1-2H3,(H3,20,21,22);1H. The minimum absolute atomic E-state index is 0. The topological polar surface area (TPSA) is 89.1 Å². The van der Waals surface area contributed by atoms with Crippen molar-refractivity contribution in [1.82, 2.24) is 5.32 Å². The van der Waals surface area contributed by atoms with Crippen molar-refractivity contribution in [3.63, 3.8) is 0 Å². The summed E-state index contributed by atoms with van der Waals surface area (Å²) in [6, 6.07) is 13.2. The van der Waals surface area contributed by atoms with Gasteiger partial charge in [0.1, 0.15) is 5.75 Å². The minimum Gasteiger partial charge on any atom is -0.504 e. The molecule has 0 saturated carbocycles. The van der Waals surface area contributed by atoms with Crippen molar-refractivity contribution in [2.75, 3.05) is 27.3 Å². The number of nitrogens with zero attached hydrogens (tertiary/aromatic N) is 1. The van der Waals surface area contributed by atoms with Crippen LogP contribution in [0.25, 0.3) is 0 Å². The highest BCUT2D eigenvalue weighted by molar-refractivity contribution is 14.0. The fraction of sp³-hybridized carbons (Fsp3) is 0.316. The molecule has 0 aliphatic rings. The minimum atomic E-state index is 0. The first kappa shape index (κ1) is 21.9. The van der Waals surface area contributed by atoms with Crippen molar-refractivity contribution >= 4 is 29.9 Å². The molecule has 0 fully saturated rings. The van der Waals surface area contributed by atoms with E-state index in [2.05, 4.69) is 10.3 Å². The normalized spacial score (nSPS) is 10.8. The maximum absolute atomic E-state index is 9.58. The number of nitrogens with one attached hydrogen (secondary N) is 1. The molecule has 7 heteroatoms. The van der Waals surface area contributed by atoms with Crippen molar-refractivity contribution in [2.45, 2.75) is 12.8 Å². The van der Waals surface area contributed by atoms with Crippen LogP contribution < -0.4 is 20.5 Å². The second-order valence-corrected chi connectivity index (χ2v) is 5.55. The van der Waals surface area contributed by atoms with Crippen molar-refractivity contribution in [2.24, 2.45) is 10.7 Å². The summed E-state index contributed by atoms with van der Waals surface area (Å²) in [6.45, 7) is 1.28. The molecule has 0 unspecified atom stereocenters. The molecule has 0 heterocycles. The molecule has 0 saturated heterocycles. The Kier molecular flexibility index (Phi) is 9.64. The zero-order valence-electron chi connectivity index (χ0n) is 15.1. The Morgan fingerprint density at radius 3 is 2.38 bits per heavy atom. The Labute approximate surface area is 171 Å². The lowest BCUT2D eigenvalue weighted by molar-refractivity contribution is 0.373. The van der Waals surface area contributed by atoms with Crippen LogP contribution >= 0.6 is 24.0 Å². The monoisotopic (exact) mass is 471 g/mol. The number of guanidine groups is 1. The number of hydrogen-bond acceptors (Lipinski definition) is 4. The van der Waals surface area contributed by atoms with Gasteiger partial charge in [0.2, 0.25) is 0 Å². The molecule has 4 N–H and O–H groups in total. The molecule has 0 aliphatic heterocycles. The lowest BCUT2D eigenvalue weighted by Gasteiger charge is -2.08. The quantitative estimate of drug-likeness (QED) is 0.313. The van der Waals surface area contributed by atoms with E-state index in [4.69, 9.17) is 15.2 Å². The van der Waals surface area contributed by atoms with Crippen LogP contribution in [0.2, 0.25) is 0 Å². The number of halogens is 1. The molecular weight excluding hydrogens is 445 g/mol. The lowest BCUT2D eigenvalue weighted by atomic mass is 10.1. The van der Waals surface area contributed by atoms with Gasteiger partial charge in [-0.2, -0.15) is 0 Å². The van der Waals surface area contributed by atoms with Crippen molar-refractivity contribution in [3.8, 4) is 17.2 Å². The molecule has 6 nitrogen and oxygen atoms in total. The predicted octanol–water partition coefficient (Wildman–Crippen LogP) is 2.72. The molecule has 0 radical (unpaired) electrons. The van der Waals surface area contributed by atoms with E-state index in [9.17, 15) is 5.11 Å². The highest BCUT2D eigenvalue weighted by Crippen LogP contribution is 2.26. The zero-order valence-corrected chi connectivity index (χ0v) is 17.4. The van der Waals surface area contributed by atoms with E-state index in [-0.39, 0.29) is 29.7 Å². The molecule has 142 valence electrons. The first-order valence-corrected chi connectivity index (χ1v) is 8.15. The van der Waals surface area contributed by atoms with Crippen LogP contribution in [-0.4, -0.2) is 38.4 Å². The molecule has 2 aromatic carbocycles. The number of hydrogen-bond donors (Lipinski definition) is 3. The lowest BCUT2D eigenvalue weighted by Crippen LogP contribution is -2.33. The van der Waals surface area contributed by atoms with Gasteiger partial charge in [-0.1, -0.05) is 18.2 Å². The van der Waals surface area contributed by atoms with E-state index >= 15 is 0 Å². The summed E-state index contributed by atoms with van der Waals surface area (Å²) >= 11 is 0. The van der Waals surface area contributed by atoms with Crippen molar-refractivity contribution in [1.29, 1.82) is 0 Å². The summed E-state index contributed by atoms with van der Waals surface area (Å²) in [5, 5.41) is 12.7. The van der Waals surface area contributed by atoms with Gasteiger partial charge in [-0.3, -0.25) is 4.99 Å². The van der Waals surface area contributed by atoms with Gasteiger partial charge in [0.15, 0.2) is 17.5 Å². The summed E-state index contributed by atoms with van der Waals surface area (Å²) in [6.07, 6.45) is 1.58. The number of phenolic OH excluding ortho intramolecular Hbond substituents is 1. The van der Waals surface area contributed by atoms with Crippen LogP contribution in [0.15, 0.2) is 47.5 Å².